The van der Waals surface area contributed by atoms with Crippen molar-refractivity contribution in [1.29, 1.82) is 0 Å². The molecule has 0 aromatic heterocycles. The molecule has 1 rings (SSSR count). The van der Waals surface area contributed by atoms with Crippen LogP contribution in [0.3, 0.4) is 0 Å². The topological polar surface area (TPSA) is 74.6 Å². The fourth-order valence-corrected chi connectivity index (χ4v) is 4.13. The predicted octanol–water partition coefficient (Wildman–Crippen LogP) is 4.18. The van der Waals surface area contributed by atoms with Crippen LogP contribution in [-0.2, 0) is 9.59 Å². The summed E-state index contributed by atoms with van der Waals surface area (Å²) in [5.74, 6) is -2.39. The van der Waals surface area contributed by atoms with Crippen LogP contribution in [0.4, 0.5) is 0 Å². The Kier molecular flexibility index (Phi) is 6.69. The van der Waals surface area contributed by atoms with Crippen LogP contribution in [-0.4, -0.2) is 22.2 Å². The Morgan fingerprint density at radius 2 is 1.86 bits per heavy atom. The molecular weight excluding hydrogens is 268 g/mol. The van der Waals surface area contributed by atoms with Gasteiger partial charge in [-0.05, 0) is 31.1 Å². The molecule has 0 aromatic rings. The van der Waals surface area contributed by atoms with Crippen molar-refractivity contribution in [2.24, 2.45) is 23.2 Å². The van der Waals surface area contributed by atoms with E-state index in [0.29, 0.717) is 19.3 Å². The monoisotopic (exact) mass is 298 g/mol. The van der Waals surface area contributed by atoms with Crippen LogP contribution in [0.15, 0.2) is 0 Å². The minimum atomic E-state index is -0.868. The van der Waals surface area contributed by atoms with E-state index < -0.39 is 23.3 Å². The average Bonchev–Trinajstić information content (AvgIpc) is 2.42. The molecule has 1 aliphatic rings. The highest BCUT2D eigenvalue weighted by atomic mass is 16.4. The molecule has 0 heterocycles. The summed E-state index contributed by atoms with van der Waals surface area (Å²) in [4.78, 5) is 23.6. The maximum absolute atomic E-state index is 12.0. The Hall–Kier alpha value is -1.06. The lowest BCUT2D eigenvalue weighted by Gasteiger charge is -2.47. The van der Waals surface area contributed by atoms with E-state index in [4.69, 9.17) is 0 Å². The molecule has 1 saturated carbocycles. The van der Waals surface area contributed by atoms with Crippen molar-refractivity contribution in [1.82, 2.24) is 0 Å². The van der Waals surface area contributed by atoms with Gasteiger partial charge < -0.3 is 10.2 Å². The van der Waals surface area contributed by atoms with Gasteiger partial charge in [0.05, 0.1) is 11.3 Å². The fraction of sp³-hybridized carbons (Fsp3) is 0.882. The summed E-state index contributed by atoms with van der Waals surface area (Å²) >= 11 is 0. The van der Waals surface area contributed by atoms with Crippen molar-refractivity contribution in [3.8, 4) is 0 Å². The quantitative estimate of drug-likeness (QED) is 0.659. The number of hydrogen-bond acceptors (Lipinski definition) is 2. The SMILES string of the molecule is CCCCCCC1C(C(=O)O)CCCC1(C(=O)O)C(C)C. The van der Waals surface area contributed by atoms with Gasteiger partial charge in [-0.1, -0.05) is 52.9 Å². The molecule has 3 unspecified atom stereocenters. The first kappa shape index (κ1) is 18.0. The average molecular weight is 298 g/mol. The van der Waals surface area contributed by atoms with Crippen molar-refractivity contribution in [3.63, 3.8) is 0 Å². The van der Waals surface area contributed by atoms with Crippen LogP contribution >= 0.6 is 0 Å². The number of carbonyl (C=O) groups is 2. The van der Waals surface area contributed by atoms with Gasteiger partial charge in [0.15, 0.2) is 0 Å². The number of unbranched alkanes of at least 4 members (excludes halogenated alkanes) is 3. The molecule has 0 bridgehead atoms. The van der Waals surface area contributed by atoms with Crippen molar-refractivity contribution < 1.29 is 19.8 Å². The highest BCUT2D eigenvalue weighted by molar-refractivity contribution is 5.78. The highest BCUT2D eigenvalue weighted by Crippen LogP contribution is 2.51. The molecule has 2 N–H and O–H groups in total. The minimum absolute atomic E-state index is 0.0340. The molecular formula is C17H30O4. The molecule has 0 aliphatic heterocycles. The van der Waals surface area contributed by atoms with Crippen LogP contribution in [0.2, 0.25) is 0 Å². The van der Waals surface area contributed by atoms with E-state index in [2.05, 4.69) is 6.92 Å². The van der Waals surface area contributed by atoms with E-state index >= 15 is 0 Å². The predicted molar refractivity (Wildman–Crippen MR) is 82.1 cm³/mol. The smallest absolute Gasteiger partial charge is 0.310 e. The standard InChI is InChI=1S/C17H30O4/c1-4-5-6-7-10-14-13(15(18)19)9-8-11-17(14,12(2)3)16(20)21/h12-14H,4-11H2,1-3H3,(H,18,19)(H,20,21). The van der Waals surface area contributed by atoms with Crippen molar-refractivity contribution >= 4 is 11.9 Å². The second-order valence-electron chi connectivity index (χ2n) is 6.79. The van der Waals surface area contributed by atoms with Crippen LogP contribution in [0.1, 0.15) is 72.1 Å². The molecule has 4 nitrogen and oxygen atoms in total. The molecule has 122 valence electrons. The van der Waals surface area contributed by atoms with Gasteiger partial charge in [-0.3, -0.25) is 9.59 Å². The second kappa shape index (κ2) is 7.81. The Morgan fingerprint density at radius 3 is 2.33 bits per heavy atom. The third-order valence-corrected chi connectivity index (χ3v) is 5.37. The third kappa shape index (κ3) is 3.78. The van der Waals surface area contributed by atoms with E-state index in [-0.39, 0.29) is 11.8 Å². The zero-order chi connectivity index (χ0) is 16.0. The van der Waals surface area contributed by atoms with Gasteiger partial charge in [0.1, 0.15) is 0 Å². The Labute approximate surface area is 127 Å². The molecule has 0 aromatic carbocycles. The van der Waals surface area contributed by atoms with Crippen LogP contribution in [0.5, 0.6) is 0 Å². The molecule has 4 heteroatoms. The first-order valence-electron chi connectivity index (χ1n) is 8.34. The molecule has 0 spiro atoms. The molecule has 21 heavy (non-hydrogen) atoms. The zero-order valence-electron chi connectivity index (χ0n) is 13.6. The fourth-order valence-electron chi connectivity index (χ4n) is 4.13. The highest BCUT2D eigenvalue weighted by Gasteiger charge is 2.54. The lowest BCUT2D eigenvalue weighted by molar-refractivity contribution is -0.168. The van der Waals surface area contributed by atoms with Gasteiger partial charge in [0.25, 0.3) is 0 Å². The maximum atomic E-state index is 12.0. The summed E-state index contributed by atoms with van der Waals surface area (Å²) in [5.41, 5.74) is -0.868. The third-order valence-electron chi connectivity index (χ3n) is 5.37. The summed E-state index contributed by atoms with van der Waals surface area (Å²) in [6.07, 6.45) is 6.91. The van der Waals surface area contributed by atoms with Crippen LogP contribution < -0.4 is 0 Å². The van der Waals surface area contributed by atoms with E-state index in [1.807, 2.05) is 13.8 Å². The summed E-state index contributed by atoms with van der Waals surface area (Å²) in [7, 11) is 0. The van der Waals surface area contributed by atoms with E-state index in [9.17, 15) is 19.8 Å². The van der Waals surface area contributed by atoms with E-state index in [1.165, 1.54) is 0 Å². The van der Waals surface area contributed by atoms with Gasteiger partial charge in [-0.15, -0.1) is 0 Å². The van der Waals surface area contributed by atoms with Crippen LogP contribution in [0.25, 0.3) is 0 Å². The van der Waals surface area contributed by atoms with Gasteiger partial charge >= 0.3 is 11.9 Å². The normalized spacial score (nSPS) is 29.5. The lowest BCUT2D eigenvalue weighted by Crippen LogP contribution is -2.50. The minimum Gasteiger partial charge on any atom is -0.481 e. The second-order valence-corrected chi connectivity index (χ2v) is 6.79. The van der Waals surface area contributed by atoms with Gasteiger partial charge in [0.2, 0.25) is 0 Å². The van der Waals surface area contributed by atoms with Crippen molar-refractivity contribution in [3.05, 3.63) is 0 Å². The Morgan fingerprint density at radius 1 is 1.19 bits per heavy atom. The molecule has 3 atom stereocenters. The van der Waals surface area contributed by atoms with E-state index in [1.54, 1.807) is 0 Å². The molecule has 0 amide bonds. The van der Waals surface area contributed by atoms with Crippen LogP contribution in [0, 0.1) is 23.2 Å². The molecule has 0 saturated heterocycles. The largest absolute Gasteiger partial charge is 0.481 e. The van der Waals surface area contributed by atoms with Gasteiger partial charge in [-0.25, -0.2) is 0 Å². The number of hydrogen-bond donors (Lipinski definition) is 2. The summed E-state index contributed by atoms with van der Waals surface area (Å²) < 4.78 is 0. The number of aliphatic carboxylic acids is 2. The zero-order valence-corrected chi connectivity index (χ0v) is 13.6. The first-order valence-corrected chi connectivity index (χ1v) is 8.34. The number of carboxylic acids is 2. The Balaban J connectivity index is 3.00. The summed E-state index contributed by atoms with van der Waals surface area (Å²) in [6.45, 7) is 5.99. The summed E-state index contributed by atoms with van der Waals surface area (Å²) in [5, 5.41) is 19.4. The molecule has 0 radical (unpaired) electrons. The lowest BCUT2D eigenvalue weighted by atomic mass is 9.55. The number of carboxylic acid groups (broad SMARTS) is 2. The van der Waals surface area contributed by atoms with Gasteiger partial charge in [0, 0.05) is 0 Å². The van der Waals surface area contributed by atoms with Crippen molar-refractivity contribution in [2.45, 2.75) is 72.1 Å². The molecule has 1 fully saturated rings. The number of rotatable bonds is 8. The maximum Gasteiger partial charge on any atom is 0.310 e. The molecule has 1 aliphatic carbocycles. The van der Waals surface area contributed by atoms with Gasteiger partial charge in [-0.2, -0.15) is 0 Å². The van der Waals surface area contributed by atoms with E-state index in [0.717, 1.165) is 32.1 Å². The Bertz CT molecular complexity index is 364. The van der Waals surface area contributed by atoms with Crippen molar-refractivity contribution in [2.75, 3.05) is 0 Å². The summed E-state index contributed by atoms with van der Waals surface area (Å²) in [6, 6.07) is 0. The first-order chi connectivity index (χ1) is 9.87.